The van der Waals surface area contributed by atoms with Crippen LogP contribution in [0.1, 0.15) is 19.3 Å². The quantitative estimate of drug-likeness (QED) is 0.514. The number of hydrogen-bond donors (Lipinski definition) is 0. The Balaban J connectivity index is 1.54. The van der Waals surface area contributed by atoms with Gasteiger partial charge in [-0.2, -0.15) is 0 Å². The van der Waals surface area contributed by atoms with Crippen LogP contribution in [0.15, 0.2) is 0 Å². The van der Waals surface area contributed by atoms with Crippen molar-refractivity contribution in [1.82, 2.24) is 5.06 Å². The van der Waals surface area contributed by atoms with E-state index >= 15 is 0 Å². The van der Waals surface area contributed by atoms with Gasteiger partial charge in [-0.15, -0.1) is 0 Å². The second-order valence-corrected chi connectivity index (χ2v) is 4.60. The minimum Gasteiger partial charge on any atom is -0.426 e. The Kier molecular flexibility index (Phi) is 3.11. The standard InChI is InChI=1S/C11H13NO7/c13-8-1-2-9(14)12(8)19-11(15)18-7-5-17-10-6(7)3-4-16-10/h6-7,10H,1-5H2/t6-,7-,10+/m1/s1. The highest BCUT2D eigenvalue weighted by atomic mass is 16.8. The van der Waals surface area contributed by atoms with Crippen molar-refractivity contribution in [1.29, 1.82) is 0 Å². The van der Waals surface area contributed by atoms with E-state index in [-0.39, 0.29) is 31.7 Å². The monoisotopic (exact) mass is 271 g/mol. The van der Waals surface area contributed by atoms with Crippen molar-refractivity contribution in [3.8, 4) is 0 Å². The molecule has 0 aromatic heterocycles. The third-order valence-corrected chi connectivity index (χ3v) is 3.40. The molecule has 2 amide bonds. The van der Waals surface area contributed by atoms with Crippen LogP contribution in [0.2, 0.25) is 0 Å². The lowest BCUT2D eigenvalue weighted by Gasteiger charge is -2.17. The van der Waals surface area contributed by atoms with Crippen molar-refractivity contribution in [2.45, 2.75) is 31.7 Å². The number of carbonyl (C=O) groups is 3. The van der Waals surface area contributed by atoms with Crippen molar-refractivity contribution in [3.05, 3.63) is 0 Å². The molecule has 3 rings (SSSR count). The van der Waals surface area contributed by atoms with Crippen LogP contribution in [0.5, 0.6) is 0 Å². The zero-order valence-corrected chi connectivity index (χ0v) is 10.1. The molecule has 3 fully saturated rings. The molecule has 3 atom stereocenters. The zero-order chi connectivity index (χ0) is 13.4. The van der Waals surface area contributed by atoms with E-state index in [0.717, 1.165) is 6.42 Å². The molecule has 0 aromatic carbocycles. The van der Waals surface area contributed by atoms with Gasteiger partial charge in [0.15, 0.2) is 6.29 Å². The molecule has 0 aliphatic carbocycles. The Morgan fingerprint density at radius 3 is 2.68 bits per heavy atom. The van der Waals surface area contributed by atoms with Crippen LogP contribution in [0, 0.1) is 5.92 Å². The predicted molar refractivity (Wildman–Crippen MR) is 56.2 cm³/mol. The fourth-order valence-electron chi connectivity index (χ4n) is 2.43. The summed E-state index contributed by atoms with van der Waals surface area (Å²) in [5, 5.41) is 0.459. The lowest BCUT2D eigenvalue weighted by molar-refractivity contribution is -0.179. The van der Waals surface area contributed by atoms with Crippen molar-refractivity contribution in [2.24, 2.45) is 5.92 Å². The van der Waals surface area contributed by atoms with Gasteiger partial charge in [-0.25, -0.2) is 4.79 Å². The van der Waals surface area contributed by atoms with E-state index in [1.807, 2.05) is 0 Å². The Labute approximate surface area is 108 Å². The third kappa shape index (κ3) is 2.28. The molecule has 3 aliphatic heterocycles. The average Bonchev–Trinajstić information content (AvgIpc) is 3.03. The zero-order valence-electron chi connectivity index (χ0n) is 10.1. The third-order valence-electron chi connectivity index (χ3n) is 3.40. The molecule has 0 aromatic rings. The number of ether oxygens (including phenoxy) is 3. The van der Waals surface area contributed by atoms with Crippen LogP contribution < -0.4 is 0 Å². The smallest absolute Gasteiger partial charge is 0.426 e. The van der Waals surface area contributed by atoms with Crippen LogP contribution in [0.4, 0.5) is 4.79 Å². The first-order valence-corrected chi connectivity index (χ1v) is 6.13. The number of fused-ring (bicyclic) bond motifs is 1. The molecule has 8 heteroatoms. The summed E-state index contributed by atoms with van der Waals surface area (Å²) in [6, 6.07) is 0. The molecule has 8 nitrogen and oxygen atoms in total. The molecular formula is C11H13NO7. The van der Waals surface area contributed by atoms with Crippen LogP contribution >= 0.6 is 0 Å². The highest BCUT2D eigenvalue weighted by Gasteiger charge is 2.44. The summed E-state index contributed by atoms with van der Waals surface area (Å²) in [5.41, 5.74) is 0. The number of hydrogen-bond acceptors (Lipinski definition) is 7. The van der Waals surface area contributed by atoms with Crippen molar-refractivity contribution in [3.63, 3.8) is 0 Å². The maximum absolute atomic E-state index is 11.5. The first kappa shape index (κ1) is 12.4. The Hall–Kier alpha value is -1.67. The summed E-state index contributed by atoms with van der Waals surface area (Å²) in [7, 11) is 0. The van der Waals surface area contributed by atoms with Gasteiger partial charge in [0.05, 0.1) is 19.1 Å². The van der Waals surface area contributed by atoms with Gasteiger partial charge in [0.1, 0.15) is 6.10 Å². The number of imide groups is 1. The lowest BCUT2D eigenvalue weighted by atomic mass is 10.0. The topological polar surface area (TPSA) is 91.4 Å². The van der Waals surface area contributed by atoms with Gasteiger partial charge in [-0.3, -0.25) is 14.4 Å². The summed E-state index contributed by atoms with van der Waals surface area (Å²) in [6.45, 7) is 0.791. The van der Waals surface area contributed by atoms with Crippen LogP contribution in [0.25, 0.3) is 0 Å². The summed E-state index contributed by atoms with van der Waals surface area (Å²) in [4.78, 5) is 38.7. The molecule has 0 saturated carbocycles. The van der Waals surface area contributed by atoms with Crippen LogP contribution in [-0.4, -0.2) is 48.6 Å². The van der Waals surface area contributed by atoms with Crippen LogP contribution in [-0.2, 0) is 28.6 Å². The van der Waals surface area contributed by atoms with E-state index in [9.17, 15) is 14.4 Å². The van der Waals surface area contributed by atoms with Gasteiger partial charge in [0.25, 0.3) is 11.8 Å². The van der Waals surface area contributed by atoms with E-state index < -0.39 is 24.1 Å². The van der Waals surface area contributed by atoms with E-state index in [2.05, 4.69) is 4.84 Å². The van der Waals surface area contributed by atoms with E-state index in [1.165, 1.54) is 0 Å². The summed E-state index contributed by atoms with van der Waals surface area (Å²) in [5.74, 6) is -1.09. The van der Waals surface area contributed by atoms with E-state index in [1.54, 1.807) is 0 Å². The van der Waals surface area contributed by atoms with E-state index in [0.29, 0.717) is 11.7 Å². The summed E-state index contributed by atoms with van der Waals surface area (Å²) < 4.78 is 15.7. The maximum Gasteiger partial charge on any atom is 0.534 e. The predicted octanol–water partition coefficient (Wildman–Crippen LogP) is -0.0350. The molecule has 104 valence electrons. The molecule has 3 aliphatic rings. The van der Waals surface area contributed by atoms with Crippen molar-refractivity contribution in [2.75, 3.05) is 13.2 Å². The number of rotatable bonds is 2. The molecule has 0 radical (unpaired) electrons. The number of amides is 2. The molecule has 19 heavy (non-hydrogen) atoms. The number of carbonyl (C=O) groups excluding carboxylic acids is 3. The van der Waals surface area contributed by atoms with Gasteiger partial charge in [-0.05, 0) is 6.42 Å². The first-order chi connectivity index (χ1) is 9.15. The van der Waals surface area contributed by atoms with Crippen molar-refractivity contribution >= 4 is 18.0 Å². The normalized spacial score (nSPS) is 33.7. The summed E-state index contributed by atoms with van der Waals surface area (Å²) >= 11 is 0. The highest BCUT2D eigenvalue weighted by Crippen LogP contribution is 2.33. The SMILES string of the molecule is O=C(O[C@@H]1CO[C@@H]2OCC[C@@H]21)ON1C(=O)CCC1=O. The maximum atomic E-state index is 11.5. The van der Waals surface area contributed by atoms with Crippen molar-refractivity contribution < 1.29 is 33.4 Å². The Morgan fingerprint density at radius 1 is 1.21 bits per heavy atom. The van der Waals surface area contributed by atoms with Gasteiger partial charge in [0.2, 0.25) is 0 Å². The molecule has 3 saturated heterocycles. The fourth-order valence-corrected chi connectivity index (χ4v) is 2.43. The number of hydroxylamine groups is 2. The molecule has 3 heterocycles. The minimum absolute atomic E-state index is 0.0162. The Bertz CT molecular complexity index is 407. The first-order valence-electron chi connectivity index (χ1n) is 6.13. The second kappa shape index (κ2) is 4.78. The van der Waals surface area contributed by atoms with Gasteiger partial charge >= 0.3 is 6.16 Å². The van der Waals surface area contributed by atoms with Gasteiger partial charge in [-0.1, -0.05) is 5.06 Å². The molecule has 0 unspecified atom stereocenters. The molecule has 0 N–H and O–H groups in total. The average molecular weight is 271 g/mol. The second-order valence-electron chi connectivity index (χ2n) is 4.60. The van der Waals surface area contributed by atoms with Crippen LogP contribution in [0.3, 0.4) is 0 Å². The molecule has 0 bridgehead atoms. The van der Waals surface area contributed by atoms with Gasteiger partial charge in [0, 0.05) is 12.8 Å². The minimum atomic E-state index is -1.07. The van der Waals surface area contributed by atoms with Gasteiger partial charge < -0.3 is 14.2 Å². The number of nitrogens with zero attached hydrogens (tertiary/aromatic N) is 1. The largest absolute Gasteiger partial charge is 0.534 e. The Morgan fingerprint density at radius 2 is 1.95 bits per heavy atom. The van der Waals surface area contributed by atoms with E-state index in [4.69, 9.17) is 14.2 Å². The summed E-state index contributed by atoms with van der Waals surface area (Å²) in [6.07, 6.45) is -1.02. The fraction of sp³-hybridized carbons (Fsp3) is 0.727. The molecule has 0 spiro atoms. The molecular weight excluding hydrogens is 258 g/mol. The highest BCUT2D eigenvalue weighted by molar-refractivity contribution is 6.01. The lowest BCUT2D eigenvalue weighted by Crippen LogP contribution is -2.35.